The topological polar surface area (TPSA) is 49.3 Å². The van der Waals surface area contributed by atoms with E-state index in [-0.39, 0.29) is 23.2 Å². The molecule has 148 valence electrons. The standard InChI is InChI=1S/C23H26FNO2S/c24-18-5-3-17(4-6-18)21(19-2-1-7-28-19)25-20(26)13-22-9-15-8-16(10-22)12-23(27,11-15)14-22/h1-7,15-16,21,27H,8-14H2,(H,25,26). The summed E-state index contributed by atoms with van der Waals surface area (Å²) in [6, 6.07) is 10.1. The lowest BCUT2D eigenvalue weighted by atomic mass is 9.47. The van der Waals surface area contributed by atoms with Crippen molar-refractivity contribution in [3.8, 4) is 0 Å². The van der Waals surface area contributed by atoms with Crippen molar-refractivity contribution in [1.29, 1.82) is 0 Å². The molecule has 6 rings (SSSR count). The molecule has 4 bridgehead atoms. The van der Waals surface area contributed by atoms with Gasteiger partial charge >= 0.3 is 0 Å². The summed E-state index contributed by atoms with van der Waals surface area (Å²) in [7, 11) is 0. The fraction of sp³-hybridized carbons (Fsp3) is 0.522. The molecule has 3 atom stereocenters. The van der Waals surface area contributed by atoms with Crippen LogP contribution in [-0.2, 0) is 4.79 Å². The van der Waals surface area contributed by atoms with Gasteiger partial charge in [0.2, 0.25) is 5.91 Å². The smallest absolute Gasteiger partial charge is 0.221 e. The number of carbonyl (C=O) groups is 1. The number of thiophene rings is 1. The SMILES string of the molecule is O=C(CC12CC3CC(CC(O)(C3)C1)C2)NC(c1ccc(F)cc1)c1cccs1. The van der Waals surface area contributed by atoms with Crippen molar-refractivity contribution in [1.82, 2.24) is 5.32 Å². The van der Waals surface area contributed by atoms with Gasteiger partial charge in [-0.25, -0.2) is 4.39 Å². The maximum Gasteiger partial charge on any atom is 0.221 e. The molecule has 2 aromatic rings. The maximum atomic E-state index is 13.4. The van der Waals surface area contributed by atoms with Crippen molar-refractivity contribution in [2.24, 2.45) is 17.3 Å². The Hall–Kier alpha value is -1.72. The summed E-state index contributed by atoms with van der Waals surface area (Å²) in [6.07, 6.45) is 6.44. The fourth-order valence-electron chi connectivity index (χ4n) is 6.59. The third kappa shape index (κ3) is 3.39. The normalized spacial score (nSPS) is 34.4. The average Bonchev–Trinajstić information content (AvgIpc) is 3.12. The lowest BCUT2D eigenvalue weighted by molar-refractivity contribution is -0.169. The number of rotatable bonds is 5. The minimum Gasteiger partial charge on any atom is -0.390 e. The zero-order valence-corrected chi connectivity index (χ0v) is 16.7. The van der Waals surface area contributed by atoms with E-state index < -0.39 is 5.60 Å². The van der Waals surface area contributed by atoms with E-state index in [1.165, 1.54) is 18.6 Å². The van der Waals surface area contributed by atoms with Gasteiger partial charge in [0.1, 0.15) is 5.82 Å². The van der Waals surface area contributed by atoms with E-state index in [0.717, 1.165) is 42.5 Å². The Morgan fingerprint density at radius 2 is 1.89 bits per heavy atom. The molecule has 4 fully saturated rings. The summed E-state index contributed by atoms with van der Waals surface area (Å²) < 4.78 is 13.4. The van der Waals surface area contributed by atoms with Crippen LogP contribution in [0.25, 0.3) is 0 Å². The van der Waals surface area contributed by atoms with Gasteiger partial charge in [-0.1, -0.05) is 18.2 Å². The fourth-order valence-corrected chi connectivity index (χ4v) is 7.39. The minimum atomic E-state index is -0.547. The quantitative estimate of drug-likeness (QED) is 0.758. The number of hydrogen-bond donors (Lipinski definition) is 2. The van der Waals surface area contributed by atoms with Gasteiger partial charge in [0.05, 0.1) is 11.6 Å². The van der Waals surface area contributed by atoms with Crippen LogP contribution in [0.5, 0.6) is 0 Å². The predicted molar refractivity (Wildman–Crippen MR) is 107 cm³/mol. The molecule has 4 saturated carbocycles. The summed E-state index contributed by atoms with van der Waals surface area (Å²) in [5.74, 6) is 0.906. The van der Waals surface area contributed by atoms with Crippen LogP contribution in [0.15, 0.2) is 41.8 Å². The monoisotopic (exact) mass is 399 g/mol. The van der Waals surface area contributed by atoms with E-state index in [1.54, 1.807) is 23.5 Å². The Kier molecular flexibility index (Phi) is 4.36. The third-order valence-corrected chi connectivity index (χ3v) is 7.96. The van der Waals surface area contributed by atoms with Crippen molar-refractivity contribution >= 4 is 17.2 Å². The molecule has 1 amide bonds. The molecule has 4 aliphatic rings. The molecule has 1 aromatic heterocycles. The molecule has 4 aliphatic carbocycles. The first-order valence-electron chi connectivity index (χ1n) is 10.2. The molecule has 5 heteroatoms. The predicted octanol–water partition coefficient (Wildman–Crippen LogP) is 4.81. The minimum absolute atomic E-state index is 0.0354. The van der Waals surface area contributed by atoms with Gasteiger partial charge in [-0.3, -0.25) is 4.79 Å². The van der Waals surface area contributed by atoms with Gasteiger partial charge in [-0.2, -0.15) is 0 Å². The zero-order valence-electron chi connectivity index (χ0n) is 15.9. The highest BCUT2D eigenvalue weighted by Crippen LogP contribution is 2.62. The van der Waals surface area contributed by atoms with E-state index >= 15 is 0 Å². The van der Waals surface area contributed by atoms with Gasteiger partial charge in [-0.05, 0) is 84.9 Å². The van der Waals surface area contributed by atoms with Gasteiger partial charge in [0, 0.05) is 11.3 Å². The lowest BCUT2D eigenvalue weighted by Gasteiger charge is -2.60. The number of benzene rings is 1. The van der Waals surface area contributed by atoms with Crippen LogP contribution < -0.4 is 5.32 Å². The van der Waals surface area contributed by atoms with Gasteiger partial charge in [-0.15, -0.1) is 11.3 Å². The Bertz CT molecular complexity index is 849. The molecule has 3 unspecified atom stereocenters. The highest BCUT2D eigenvalue weighted by atomic mass is 32.1. The maximum absolute atomic E-state index is 13.4. The number of nitrogens with one attached hydrogen (secondary N) is 1. The molecule has 0 saturated heterocycles. The molecule has 0 aliphatic heterocycles. The molecule has 1 aromatic carbocycles. The summed E-state index contributed by atoms with van der Waals surface area (Å²) in [6.45, 7) is 0. The second-order valence-electron chi connectivity index (χ2n) is 9.43. The van der Waals surface area contributed by atoms with E-state index in [4.69, 9.17) is 0 Å². The van der Waals surface area contributed by atoms with Crippen LogP contribution in [0.2, 0.25) is 0 Å². The largest absolute Gasteiger partial charge is 0.390 e. The molecule has 0 spiro atoms. The van der Waals surface area contributed by atoms with Crippen LogP contribution in [0, 0.1) is 23.1 Å². The lowest BCUT2D eigenvalue weighted by Crippen LogP contribution is -2.56. The first-order valence-corrected chi connectivity index (χ1v) is 11.1. The van der Waals surface area contributed by atoms with Crippen molar-refractivity contribution < 1.29 is 14.3 Å². The number of aliphatic hydroxyl groups is 1. The first kappa shape index (κ1) is 18.3. The Morgan fingerprint density at radius 3 is 2.50 bits per heavy atom. The van der Waals surface area contributed by atoms with Crippen LogP contribution >= 0.6 is 11.3 Å². The molecule has 3 nitrogen and oxygen atoms in total. The Labute approximate surface area is 169 Å². The zero-order chi connectivity index (χ0) is 19.4. The van der Waals surface area contributed by atoms with Gasteiger partial charge in [0.15, 0.2) is 0 Å². The molecule has 28 heavy (non-hydrogen) atoms. The van der Waals surface area contributed by atoms with Crippen molar-refractivity contribution in [2.75, 3.05) is 0 Å². The molecule has 1 heterocycles. The van der Waals surface area contributed by atoms with Crippen molar-refractivity contribution in [3.05, 3.63) is 58.0 Å². The van der Waals surface area contributed by atoms with Gasteiger partial charge in [0.25, 0.3) is 0 Å². The number of amides is 1. The summed E-state index contributed by atoms with van der Waals surface area (Å²) in [5.41, 5.74) is 0.293. The van der Waals surface area contributed by atoms with Crippen LogP contribution in [0.4, 0.5) is 4.39 Å². The second kappa shape index (κ2) is 6.67. The van der Waals surface area contributed by atoms with E-state index in [2.05, 4.69) is 5.32 Å². The Balaban J connectivity index is 1.35. The van der Waals surface area contributed by atoms with E-state index in [9.17, 15) is 14.3 Å². The van der Waals surface area contributed by atoms with Crippen molar-refractivity contribution in [2.45, 2.75) is 56.6 Å². The Morgan fingerprint density at radius 1 is 1.18 bits per heavy atom. The van der Waals surface area contributed by atoms with Crippen LogP contribution in [0.3, 0.4) is 0 Å². The molecular weight excluding hydrogens is 373 g/mol. The average molecular weight is 400 g/mol. The highest BCUT2D eigenvalue weighted by Gasteiger charge is 2.57. The molecular formula is C23H26FNO2S. The van der Waals surface area contributed by atoms with E-state index in [0.29, 0.717) is 18.3 Å². The van der Waals surface area contributed by atoms with E-state index in [1.807, 2.05) is 17.5 Å². The molecule has 0 radical (unpaired) electrons. The second-order valence-corrected chi connectivity index (χ2v) is 10.4. The first-order chi connectivity index (χ1) is 13.4. The van der Waals surface area contributed by atoms with Crippen LogP contribution in [0.1, 0.15) is 61.4 Å². The highest BCUT2D eigenvalue weighted by molar-refractivity contribution is 7.10. The van der Waals surface area contributed by atoms with Crippen molar-refractivity contribution in [3.63, 3.8) is 0 Å². The molecule has 2 N–H and O–H groups in total. The summed E-state index contributed by atoms with van der Waals surface area (Å²) in [5, 5.41) is 16.2. The number of halogens is 1. The number of carbonyl (C=O) groups excluding carboxylic acids is 1. The third-order valence-electron chi connectivity index (χ3n) is 7.02. The van der Waals surface area contributed by atoms with Gasteiger partial charge < -0.3 is 10.4 Å². The number of hydrogen-bond acceptors (Lipinski definition) is 3. The summed E-state index contributed by atoms with van der Waals surface area (Å²) >= 11 is 1.59. The van der Waals surface area contributed by atoms with Crippen LogP contribution in [-0.4, -0.2) is 16.6 Å². The summed E-state index contributed by atoms with van der Waals surface area (Å²) in [4.78, 5) is 14.2.